The van der Waals surface area contributed by atoms with Crippen LogP contribution >= 0.6 is 0 Å². The van der Waals surface area contributed by atoms with Crippen molar-refractivity contribution in [3.05, 3.63) is 0 Å². The molecule has 144 valence electrons. The van der Waals surface area contributed by atoms with E-state index in [1.165, 1.54) is 0 Å². The molecule has 12 nitrogen and oxygen atoms in total. The zero-order valence-electron chi connectivity index (χ0n) is 12.3. The Morgan fingerprint density at radius 3 is 0.250 bits per heavy atom. The van der Waals surface area contributed by atoms with Gasteiger partial charge in [0.05, 0.1) is 0 Å². The molecule has 12 heteroatoms. The van der Waals surface area contributed by atoms with Crippen LogP contribution in [0.15, 0.2) is 0 Å². The molecule has 0 aromatic carbocycles. The van der Waals surface area contributed by atoms with Gasteiger partial charge in [0.2, 0.25) is 0 Å². The Labute approximate surface area is 135 Å². The third-order valence-electron chi connectivity index (χ3n) is 4.20. The summed E-state index contributed by atoms with van der Waals surface area (Å²) < 4.78 is 0. The van der Waals surface area contributed by atoms with Gasteiger partial charge in [-0.25, -0.2) is 0 Å². The number of aliphatic hydroxyl groups is 12. The van der Waals surface area contributed by atoms with E-state index in [0.29, 0.717) is 0 Å². The molecule has 2 aliphatic rings. The fourth-order valence-corrected chi connectivity index (χ4v) is 2.42. The van der Waals surface area contributed by atoms with E-state index >= 15 is 0 Å². The SMILES string of the molecule is O[C@H]1[C@H](O)[C@@H](O)[C@H](O)[C@@H](O)[C@@H]1O.O[C@H]1[C@H](O)[C@@H](O)[C@H](O)[C@@H](O)[C@@H]1O. The van der Waals surface area contributed by atoms with Gasteiger partial charge < -0.3 is 61.3 Å². The van der Waals surface area contributed by atoms with Crippen molar-refractivity contribution in [2.45, 2.75) is 73.2 Å². The first-order valence-corrected chi connectivity index (χ1v) is 7.10. The largest absolute Gasteiger partial charge is 0.387 e. The fourth-order valence-electron chi connectivity index (χ4n) is 2.42. The highest BCUT2D eigenvalue weighted by molar-refractivity contribution is 4.99. The Morgan fingerprint density at radius 2 is 0.208 bits per heavy atom. The molecular formula is C12H24O12. The molecule has 0 aromatic heterocycles. The quantitative estimate of drug-likeness (QED) is 0.193. The van der Waals surface area contributed by atoms with Gasteiger partial charge in [-0.05, 0) is 0 Å². The van der Waals surface area contributed by atoms with Gasteiger partial charge in [0, 0.05) is 0 Å². The number of aliphatic hydroxyl groups excluding tert-OH is 12. The van der Waals surface area contributed by atoms with E-state index in [1.54, 1.807) is 0 Å². The van der Waals surface area contributed by atoms with Crippen LogP contribution in [0.1, 0.15) is 0 Å². The molecule has 0 amide bonds. The van der Waals surface area contributed by atoms with E-state index in [-0.39, 0.29) is 0 Å². The third-order valence-corrected chi connectivity index (χ3v) is 4.20. The Bertz CT molecular complexity index is 243. The molecule has 0 radical (unpaired) electrons. The smallest absolute Gasteiger partial charge is 0.111 e. The molecule has 0 aliphatic heterocycles. The molecule has 0 unspecified atom stereocenters. The molecule has 12 N–H and O–H groups in total. The minimum absolute atomic E-state index is 1.64. The summed E-state index contributed by atoms with van der Waals surface area (Å²) in [7, 11) is 0. The van der Waals surface area contributed by atoms with Crippen LogP contribution in [0.3, 0.4) is 0 Å². The van der Waals surface area contributed by atoms with E-state index < -0.39 is 73.2 Å². The Hall–Kier alpha value is -0.480. The highest BCUT2D eigenvalue weighted by Gasteiger charge is 2.48. The maximum atomic E-state index is 8.97. The van der Waals surface area contributed by atoms with Crippen molar-refractivity contribution in [1.29, 1.82) is 0 Å². The second-order valence-electron chi connectivity index (χ2n) is 5.89. The van der Waals surface area contributed by atoms with Crippen molar-refractivity contribution in [2.75, 3.05) is 0 Å². The highest BCUT2D eigenvalue weighted by atomic mass is 16.4. The monoisotopic (exact) mass is 360 g/mol. The molecule has 24 heavy (non-hydrogen) atoms. The summed E-state index contributed by atoms with van der Waals surface area (Å²) >= 11 is 0. The molecule has 0 aromatic rings. The van der Waals surface area contributed by atoms with Gasteiger partial charge >= 0.3 is 0 Å². The van der Waals surface area contributed by atoms with Crippen molar-refractivity contribution >= 4 is 0 Å². The molecule has 0 spiro atoms. The van der Waals surface area contributed by atoms with E-state index in [4.69, 9.17) is 61.3 Å². The number of hydrogen-bond donors (Lipinski definition) is 12. The zero-order chi connectivity index (χ0) is 18.9. The number of rotatable bonds is 0. The molecule has 0 atom stereocenters. The average Bonchev–Trinajstić information content (AvgIpc) is 2.58. The van der Waals surface area contributed by atoms with Crippen molar-refractivity contribution in [3.63, 3.8) is 0 Å². The lowest BCUT2D eigenvalue weighted by molar-refractivity contribution is -0.223. The molecule has 2 saturated carbocycles. The molecule has 2 fully saturated rings. The van der Waals surface area contributed by atoms with Crippen LogP contribution < -0.4 is 0 Å². The Kier molecular flexibility index (Phi) is 7.43. The summed E-state index contributed by atoms with van der Waals surface area (Å²) in [6, 6.07) is 0. The van der Waals surface area contributed by atoms with Crippen LogP contribution in [-0.4, -0.2) is 135 Å². The predicted molar refractivity (Wildman–Crippen MR) is 72.1 cm³/mol. The fraction of sp³-hybridized carbons (Fsp3) is 1.00. The maximum absolute atomic E-state index is 8.97. The molecule has 2 rings (SSSR count). The zero-order valence-corrected chi connectivity index (χ0v) is 12.3. The molecule has 0 bridgehead atoms. The minimum Gasteiger partial charge on any atom is -0.387 e. The summed E-state index contributed by atoms with van der Waals surface area (Å²) in [6.07, 6.45) is -19.7. The standard InChI is InChI=1S/2C6H12O6/c2*7-1-2(8)4(10)6(12)5(11)3(1)9/h2*1-12H/t2*1-,2-,3+,4+,5-,6-. The van der Waals surface area contributed by atoms with Crippen LogP contribution in [0, 0.1) is 0 Å². The molecular weight excluding hydrogens is 336 g/mol. The van der Waals surface area contributed by atoms with Gasteiger partial charge in [-0.2, -0.15) is 0 Å². The lowest BCUT2D eigenvalue weighted by Crippen LogP contribution is -2.63. The summed E-state index contributed by atoms with van der Waals surface area (Å²) in [6.45, 7) is 0. The Morgan fingerprint density at radius 1 is 0.167 bits per heavy atom. The molecule has 0 saturated heterocycles. The highest BCUT2D eigenvalue weighted by Crippen LogP contribution is 2.21. The lowest BCUT2D eigenvalue weighted by Gasteiger charge is -2.39. The van der Waals surface area contributed by atoms with Crippen molar-refractivity contribution < 1.29 is 61.3 Å². The average molecular weight is 360 g/mol. The number of hydrogen-bond acceptors (Lipinski definition) is 12. The van der Waals surface area contributed by atoms with E-state index in [9.17, 15) is 0 Å². The first kappa shape index (κ1) is 21.6. The van der Waals surface area contributed by atoms with Crippen molar-refractivity contribution in [3.8, 4) is 0 Å². The maximum Gasteiger partial charge on any atom is 0.111 e. The van der Waals surface area contributed by atoms with Crippen LogP contribution in [0.5, 0.6) is 0 Å². The second kappa shape index (κ2) is 8.27. The minimum atomic E-state index is -1.64. The van der Waals surface area contributed by atoms with Crippen molar-refractivity contribution in [2.24, 2.45) is 0 Å². The Balaban J connectivity index is 0.000000240. The van der Waals surface area contributed by atoms with Crippen LogP contribution in [-0.2, 0) is 0 Å². The normalized spacial score (nSPS) is 55.5. The van der Waals surface area contributed by atoms with Gasteiger partial charge in [-0.1, -0.05) is 0 Å². The van der Waals surface area contributed by atoms with E-state index in [0.717, 1.165) is 0 Å². The topological polar surface area (TPSA) is 243 Å². The van der Waals surface area contributed by atoms with E-state index in [1.807, 2.05) is 0 Å². The summed E-state index contributed by atoms with van der Waals surface area (Å²) in [5.74, 6) is 0. The van der Waals surface area contributed by atoms with Crippen LogP contribution in [0.4, 0.5) is 0 Å². The lowest BCUT2D eigenvalue weighted by atomic mass is 9.85. The van der Waals surface area contributed by atoms with E-state index in [2.05, 4.69) is 0 Å². The molecule has 2 aliphatic carbocycles. The first-order chi connectivity index (χ1) is 10.9. The van der Waals surface area contributed by atoms with Gasteiger partial charge in [-0.3, -0.25) is 0 Å². The van der Waals surface area contributed by atoms with Crippen LogP contribution in [0.25, 0.3) is 0 Å². The second-order valence-corrected chi connectivity index (χ2v) is 5.89. The van der Waals surface area contributed by atoms with Crippen molar-refractivity contribution in [1.82, 2.24) is 0 Å². The summed E-state index contributed by atoms with van der Waals surface area (Å²) in [4.78, 5) is 0. The van der Waals surface area contributed by atoms with Gasteiger partial charge in [0.15, 0.2) is 0 Å². The third kappa shape index (κ3) is 4.01. The predicted octanol–water partition coefficient (Wildman–Crippen LogP) is -7.67. The van der Waals surface area contributed by atoms with Gasteiger partial charge in [0.25, 0.3) is 0 Å². The molecule has 0 heterocycles. The van der Waals surface area contributed by atoms with Gasteiger partial charge in [-0.15, -0.1) is 0 Å². The van der Waals surface area contributed by atoms with Gasteiger partial charge in [0.1, 0.15) is 73.2 Å². The first-order valence-electron chi connectivity index (χ1n) is 7.10. The summed E-state index contributed by atoms with van der Waals surface area (Å²) in [5, 5.41) is 108. The van der Waals surface area contributed by atoms with Crippen LogP contribution in [0.2, 0.25) is 0 Å². The summed E-state index contributed by atoms with van der Waals surface area (Å²) in [5.41, 5.74) is 0.